The van der Waals surface area contributed by atoms with Crippen molar-refractivity contribution in [3.05, 3.63) is 22.8 Å². The average Bonchev–Trinajstić information content (AvgIpc) is 3.24. The summed E-state index contributed by atoms with van der Waals surface area (Å²) in [7, 11) is 0. The Morgan fingerprint density at radius 3 is 2.55 bits per heavy atom. The van der Waals surface area contributed by atoms with Gasteiger partial charge in [-0.25, -0.2) is 0 Å². The standard InChI is InChI=1S/C24H32O5/c1-15(25)24(29-16(2)26)11-8-21-20-5-4-17-14-23(27-12-13-28-23)10-7-18(17)19(20)6-9-22(21,24)3/h6,20-21H,4-5,7-14H2,1-3H3/t20?,21?,22-,24+/m0/s1. The van der Waals surface area contributed by atoms with E-state index in [0.29, 0.717) is 31.5 Å². The molecule has 0 aromatic rings. The number of carbonyl (C=O) groups excluding carboxylic acids is 2. The van der Waals surface area contributed by atoms with Gasteiger partial charge in [0.25, 0.3) is 0 Å². The number of fused-ring (bicyclic) bond motifs is 4. The van der Waals surface area contributed by atoms with Crippen LogP contribution in [-0.4, -0.2) is 36.4 Å². The highest BCUT2D eigenvalue weighted by atomic mass is 16.7. The van der Waals surface area contributed by atoms with E-state index >= 15 is 0 Å². The highest BCUT2D eigenvalue weighted by molar-refractivity contribution is 5.89. The molecule has 5 aliphatic rings. The zero-order chi connectivity index (χ0) is 20.4. The summed E-state index contributed by atoms with van der Waals surface area (Å²) >= 11 is 0. The van der Waals surface area contributed by atoms with Crippen molar-refractivity contribution in [2.75, 3.05) is 13.2 Å². The molecule has 1 spiro atoms. The van der Waals surface area contributed by atoms with Gasteiger partial charge in [-0.1, -0.05) is 18.6 Å². The minimum atomic E-state index is -0.970. The third-order valence-corrected chi connectivity index (χ3v) is 8.65. The fourth-order valence-electron chi connectivity index (χ4n) is 7.35. The summed E-state index contributed by atoms with van der Waals surface area (Å²) in [5, 5.41) is 0. The van der Waals surface area contributed by atoms with E-state index in [9.17, 15) is 9.59 Å². The molecule has 4 atom stereocenters. The molecule has 1 saturated heterocycles. The fraction of sp³-hybridized carbons (Fsp3) is 0.750. The number of hydrogen-bond donors (Lipinski definition) is 0. The molecule has 1 aliphatic heterocycles. The van der Waals surface area contributed by atoms with Crippen LogP contribution in [0.1, 0.15) is 72.1 Å². The van der Waals surface area contributed by atoms with E-state index in [-0.39, 0.29) is 23.0 Å². The van der Waals surface area contributed by atoms with Crippen LogP contribution >= 0.6 is 0 Å². The minimum Gasteiger partial charge on any atom is -0.451 e. The van der Waals surface area contributed by atoms with Gasteiger partial charge in [0.05, 0.1) is 13.2 Å². The lowest BCUT2D eigenvalue weighted by Crippen LogP contribution is -2.55. The molecule has 5 nitrogen and oxygen atoms in total. The van der Waals surface area contributed by atoms with Gasteiger partial charge in [0.2, 0.25) is 0 Å². The maximum atomic E-state index is 12.8. The number of ketones is 1. The quantitative estimate of drug-likeness (QED) is 0.648. The van der Waals surface area contributed by atoms with E-state index in [4.69, 9.17) is 14.2 Å². The van der Waals surface area contributed by atoms with Crippen molar-refractivity contribution in [3.63, 3.8) is 0 Å². The highest BCUT2D eigenvalue weighted by Crippen LogP contribution is 2.64. The predicted molar refractivity (Wildman–Crippen MR) is 107 cm³/mol. The molecule has 0 N–H and O–H groups in total. The Morgan fingerprint density at radius 2 is 1.86 bits per heavy atom. The van der Waals surface area contributed by atoms with Crippen LogP contribution in [0.5, 0.6) is 0 Å². The van der Waals surface area contributed by atoms with E-state index in [1.807, 2.05) is 0 Å². The van der Waals surface area contributed by atoms with Gasteiger partial charge in [0.15, 0.2) is 17.2 Å². The zero-order valence-corrected chi connectivity index (χ0v) is 17.8. The van der Waals surface area contributed by atoms with Crippen molar-refractivity contribution in [2.24, 2.45) is 17.3 Å². The topological polar surface area (TPSA) is 61.8 Å². The average molecular weight is 401 g/mol. The normalized spacial score (nSPS) is 40.2. The molecule has 1 heterocycles. The van der Waals surface area contributed by atoms with Crippen molar-refractivity contribution in [3.8, 4) is 0 Å². The Bertz CT molecular complexity index is 817. The summed E-state index contributed by atoms with van der Waals surface area (Å²) in [4.78, 5) is 24.7. The molecule has 1 saturated carbocycles. The summed E-state index contributed by atoms with van der Waals surface area (Å²) in [6.07, 6.45) is 9.81. The van der Waals surface area contributed by atoms with Crippen LogP contribution in [0.2, 0.25) is 0 Å². The number of hydrogen-bond acceptors (Lipinski definition) is 5. The summed E-state index contributed by atoms with van der Waals surface area (Å²) in [6.45, 7) is 6.62. The lowest BCUT2D eigenvalue weighted by molar-refractivity contribution is -0.180. The second-order valence-corrected chi connectivity index (χ2v) is 9.91. The fourth-order valence-corrected chi connectivity index (χ4v) is 7.35. The van der Waals surface area contributed by atoms with Gasteiger partial charge in [-0.15, -0.1) is 0 Å². The number of carbonyl (C=O) groups is 2. The van der Waals surface area contributed by atoms with Crippen molar-refractivity contribution in [1.29, 1.82) is 0 Å². The second kappa shape index (κ2) is 6.52. The van der Waals surface area contributed by atoms with Gasteiger partial charge in [0.1, 0.15) is 0 Å². The number of ether oxygens (including phenoxy) is 3. The largest absolute Gasteiger partial charge is 0.451 e. The third kappa shape index (κ3) is 2.66. The Labute approximate surface area is 172 Å². The molecule has 5 rings (SSSR count). The number of rotatable bonds is 2. The number of Topliss-reactive ketones (excluding diaryl/α,β-unsaturated/α-hetero) is 1. The van der Waals surface area contributed by atoms with Crippen LogP contribution < -0.4 is 0 Å². The molecular formula is C24H32O5. The minimum absolute atomic E-state index is 0.000373. The molecule has 0 aromatic heterocycles. The second-order valence-electron chi connectivity index (χ2n) is 9.91. The lowest BCUT2D eigenvalue weighted by Gasteiger charge is -2.51. The monoisotopic (exact) mass is 400 g/mol. The van der Waals surface area contributed by atoms with Crippen LogP contribution in [0.4, 0.5) is 0 Å². The summed E-state index contributed by atoms with van der Waals surface area (Å²) in [5.74, 6) is 0.125. The lowest BCUT2D eigenvalue weighted by atomic mass is 9.55. The Kier molecular flexibility index (Phi) is 4.38. The molecule has 2 unspecified atom stereocenters. The van der Waals surface area contributed by atoms with E-state index in [0.717, 1.165) is 44.9 Å². The first-order valence-corrected chi connectivity index (χ1v) is 11.2. The summed E-state index contributed by atoms with van der Waals surface area (Å²) in [6, 6.07) is 0. The highest BCUT2D eigenvalue weighted by Gasteiger charge is 2.65. The van der Waals surface area contributed by atoms with E-state index in [2.05, 4.69) is 13.0 Å². The molecule has 0 amide bonds. The molecule has 158 valence electrons. The zero-order valence-electron chi connectivity index (χ0n) is 17.8. The van der Waals surface area contributed by atoms with E-state index in [1.165, 1.54) is 23.6 Å². The van der Waals surface area contributed by atoms with Crippen molar-refractivity contribution < 1.29 is 23.8 Å². The molecule has 4 aliphatic carbocycles. The van der Waals surface area contributed by atoms with Crippen LogP contribution in [0.15, 0.2) is 22.8 Å². The smallest absolute Gasteiger partial charge is 0.303 e. The predicted octanol–water partition coefficient (Wildman–Crippen LogP) is 4.26. The van der Waals surface area contributed by atoms with Gasteiger partial charge in [-0.2, -0.15) is 0 Å². The molecule has 0 radical (unpaired) electrons. The summed E-state index contributed by atoms with van der Waals surface area (Å²) < 4.78 is 17.8. The van der Waals surface area contributed by atoms with Crippen molar-refractivity contribution in [1.82, 2.24) is 0 Å². The molecule has 5 heteroatoms. The SMILES string of the molecule is CC(=O)O[C@@]1(C(C)=O)CCC2C3CCC4=C(CCC5(C4)OCCO5)C3=CC[C@@]21C. The molecule has 0 bridgehead atoms. The summed E-state index contributed by atoms with van der Waals surface area (Å²) in [5.41, 5.74) is 3.26. The van der Waals surface area contributed by atoms with Crippen LogP contribution in [0, 0.1) is 17.3 Å². The van der Waals surface area contributed by atoms with Gasteiger partial charge < -0.3 is 14.2 Å². The number of allylic oxidation sites excluding steroid dienone is 3. The van der Waals surface area contributed by atoms with Crippen LogP contribution in [0.3, 0.4) is 0 Å². The molecule has 0 aromatic carbocycles. The van der Waals surface area contributed by atoms with Crippen LogP contribution in [0.25, 0.3) is 0 Å². The first kappa shape index (κ1) is 19.5. The first-order valence-electron chi connectivity index (χ1n) is 11.2. The Balaban J connectivity index is 1.49. The molecule has 29 heavy (non-hydrogen) atoms. The van der Waals surface area contributed by atoms with Gasteiger partial charge in [-0.05, 0) is 68.4 Å². The van der Waals surface area contributed by atoms with E-state index in [1.54, 1.807) is 6.92 Å². The molecule has 2 fully saturated rings. The third-order valence-electron chi connectivity index (χ3n) is 8.65. The van der Waals surface area contributed by atoms with Gasteiger partial charge in [0, 0.05) is 25.2 Å². The first-order chi connectivity index (χ1) is 13.8. The van der Waals surface area contributed by atoms with E-state index < -0.39 is 5.60 Å². The Morgan fingerprint density at radius 1 is 1.10 bits per heavy atom. The van der Waals surface area contributed by atoms with Gasteiger partial charge in [-0.3, -0.25) is 9.59 Å². The van der Waals surface area contributed by atoms with Crippen molar-refractivity contribution in [2.45, 2.75) is 83.5 Å². The maximum Gasteiger partial charge on any atom is 0.303 e. The van der Waals surface area contributed by atoms with Crippen molar-refractivity contribution >= 4 is 11.8 Å². The van der Waals surface area contributed by atoms with Gasteiger partial charge >= 0.3 is 5.97 Å². The Hall–Kier alpha value is -1.46. The maximum absolute atomic E-state index is 12.8. The number of esters is 1. The molecular weight excluding hydrogens is 368 g/mol. The van der Waals surface area contributed by atoms with Crippen LogP contribution in [-0.2, 0) is 23.8 Å².